The minimum absolute atomic E-state index is 0.360. The third-order valence-corrected chi connectivity index (χ3v) is 5.89. The molecule has 0 saturated heterocycles. The maximum Gasteiger partial charge on any atom is 0.231 e. The van der Waals surface area contributed by atoms with E-state index in [1.54, 1.807) is 13.4 Å². The van der Waals surface area contributed by atoms with Crippen molar-refractivity contribution in [2.75, 3.05) is 20.5 Å². The summed E-state index contributed by atoms with van der Waals surface area (Å²) in [5, 5.41) is 1.16. The fraction of sp³-hybridized carbons (Fsp3) is 0.304. The molecule has 2 aliphatic heterocycles. The monoisotopic (exact) mass is 696 g/mol. The van der Waals surface area contributed by atoms with Crippen LogP contribution in [0, 0.1) is 0 Å². The molecule has 3 heterocycles. The topological polar surface area (TPSA) is 50.1 Å². The van der Waals surface area contributed by atoms with Gasteiger partial charge in [0.2, 0.25) is 6.79 Å². The van der Waals surface area contributed by atoms with Crippen LogP contribution < -0.4 is 18.9 Å². The first-order valence-electron chi connectivity index (χ1n) is 18.4. The summed E-state index contributed by atoms with van der Waals surface area (Å²) >= 11 is 0. The highest BCUT2D eigenvalue weighted by Crippen LogP contribution is 2.30. The van der Waals surface area contributed by atoms with Gasteiger partial charge in [-0.25, -0.2) is 0 Å². The molecule has 0 saturated carbocycles. The Hall–Kier alpha value is -5.16. The summed E-state index contributed by atoms with van der Waals surface area (Å²) in [6.07, 6.45) is 2.78. The van der Waals surface area contributed by atoms with Crippen LogP contribution in [0.15, 0.2) is 156 Å². The highest BCUT2D eigenvalue weighted by molar-refractivity contribution is 5.76. The van der Waals surface area contributed by atoms with E-state index in [9.17, 15) is 0 Å². The summed E-state index contributed by atoms with van der Waals surface area (Å²) in [7, 11) is 1.66. The lowest BCUT2D eigenvalue weighted by molar-refractivity contribution is 0.174. The minimum atomic E-state index is 0.360. The van der Waals surface area contributed by atoms with Crippen LogP contribution in [-0.2, 0) is 6.42 Å². The Balaban J connectivity index is 0. The molecule has 0 unspecified atom stereocenters. The largest absolute Gasteiger partial charge is 0.497 e. The molecule has 0 atom stereocenters. The fourth-order valence-corrected chi connectivity index (χ4v) is 3.81. The number of benzene rings is 5. The lowest BCUT2D eigenvalue weighted by atomic mass is 10.2. The van der Waals surface area contributed by atoms with Crippen LogP contribution in [0.4, 0.5) is 0 Å². The summed E-state index contributed by atoms with van der Waals surface area (Å²) in [5.41, 5.74) is 2.30. The first kappa shape index (κ1) is 48.0. The molecule has 5 heteroatoms. The van der Waals surface area contributed by atoms with Crippen LogP contribution in [0.2, 0.25) is 0 Å². The number of methoxy groups -OCH3 is 1. The predicted octanol–water partition coefficient (Wildman–Crippen LogP) is 14.0. The molecule has 6 aromatic rings. The van der Waals surface area contributed by atoms with Crippen molar-refractivity contribution in [3.63, 3.8) is 0 Å². The van der Waals surface area contributed by atoms with E-state index in [0.717, 1.165) is 47.0 Å². The molecular formula is C46H64O5. The average molecular weight is 697 g/mol. The second-order valence-electron chi connectivity index (χ2n) is 8.69. The van der Waals surface area contributed by atoms with E-state index in [1.165, 1.54) is 5.56 Å². The Bertz CT molecular complexity index is 1380. The van der Waals surface area contributed by atoms with E-state index in [-0.39, 0.29) is 0 Å². The van der Waals surface area contributed by atoms with E-state index in [2.05, 4.69) is 6.07 Å². The molecule has 0 aliphatic carbocycles. The van der Waals surface area contributed by atoms with Gasteiger partial charge in [0.1, 0.15) is 17.1 Å². The Labute approximate surface area is 310 Å². The Morgan fingerprint density at radius 3 is 1.33 bits per heavy atom. The molecule has 0 N–H and O–H groups in total. The van der Waals surface area contributed by atoms with E-state index in [4.69, 9.17) is 23.4 Å². The Morgan fingerprint density at radius 2 is 0.863 bits per heavy atom. The van der Waals surface area contributed by atoms with Gasteiger partial charge < -0.3 is 23.4 Å². The van der Waals surface area contributed by atoms with Crippen LogP contribution in [0.25, 0.3) is 11.0 Å². The van der Waals surface area contributed by atoms with Crippen LogP contribution >= 0.6 is 0 Å². The zero-order valence-corrected chi connectivity index (χ0v) is 33.1. The van der Waals surface area contributed by atoms with E-state index in [1.807, 2.05) is 209 Å². The van der Waals surface area contributed by atoms with Crippen molar-refractivity contribution in [1.29, 1.82) is 0 Å². The SMILES string of the molecule is CC.CC.CC.CC.CC.COc1ccccc1.c1ccc2c(c1)CCO2.c1ccc2c(c1)OCO2.c1ccc2occc2c1.c1ccccc1. The maximum atomic E-state index is 5.30. The van der Waals surface area contributed by atoms with Gasteiger partial charge >= 0.3 is 0 Å². The van der Waals surface area contributed by atoms with Gasteiger partial charge in [-0.2, -0.15) is 0 Å². The predicted molar refractivity (Wildman–Crippen MR) is 221 cm³/mol. The molecule has 0 spiro atoms. The first-order valence-corrected chi connectivity index (χ1v) is 18.4. The molecule has 0 fully saturated rings. The van der Waals surface area contributed by atoms with Crippen molar-refractivity contribution in [2.24, 2.45) is 0 Å². The van der Waals surface area contributed by atoms with Crippen molar-refractivity contribution in [1.82, 2.24) is 0 Å². The molecule has 51 heavy (non-hydrogen) atoms. The second kappa shape index (κ2) is 36.1. The summed E-state index contributed by atoms with van der Waals surface area (Å²) in [4.78, 5) is 0. The number of furan rings is 1. The normalized spacial score (nSPS) is 9.71. The lowest BCUT2D eigenvalue weighted by Crippen LogP contribution is -1.92. The van der Waals surface area contributed by atoms with Gasteiger partial charge in [-0.05, 0) is 48.0 Å². The molecule has 8 rings (SSSR count). The third kappa shape index (κ3) is 21.5. The molecule has 0 bridgehead atoms. The summed E-state index contributed by atoms with van der Waals surface area (Å²) in [6, 6.07) is 47.4. The zero-order valence-electron chi connectivity index (χ0n) is 33.1. The number of ether oxygens (including phenoxy) is 4. The Morgan fingerprint density at radius 1 is 0.431 bits per heavy atom. The highest BCUT2D eigenvalue weighted by Gasteiger charge is 2.09. The van der Waals surface area contributed by atoms with Crippen molar-refractivity contribution in [3.8, 4) is 23.0 Å². The van der Waals surface area contributed by atoms with Gasteiger partial charge in [0.05, 0.1) is 20.0 Å². The molecule has 5 aromatic carbocycles. The van der Waals surface area contributed by atoms with E-state index >= 15 is 0 Å². The molecular weight excluding hydrogens is 633 g/mol. The van der Waals surface area contributed by atoms with E-state index < -0.39 is 0 Å². The zero-order chi connectivity index (χ0) is 38.4. The van der Waals surface area contributed by atoms with Gasteiger partial charge in [-0.3, -0.25) is 0 Å². The number of hydrogen-bond donors (Lipinski definition) is 0. The minimum Gasteiger partial charge on any atom is -0.497 e. The fourth-order valence-electron chi connectivity index (χ4n) is 3.81. The van der Waals surface area contributed by atoms with E-state index in [0.29, 0.717) is 6.79 Å². The van der Waals surface area contributed by atoms with Crippen molar-refractivity contribution < 1.29 is 23.4 Å². The number of rotatable bonds is 1. The third-order valence-electron chi connectivity index (χ3n) is 5.89. The maximum absolute atomic E-state index is 5.30. The quantitative estimate of drug-likeness (QED) is 0.171. The number of hydrogen-bond acceptors (Lipinski definition) is 5. The smallest absolute Gasteiger partial charge is 0.231 e. The van der Waals surface area contributed by atoms with Gasteiger partial charge in [0.15, 0.2) is 11.5 Å². The van der Waals surface area contributed by atoms with Gasteiger partial charge in [0.25, 0.3) is 0 Å². The number of para-hydroxylation sites is 5. The molecule has 278 valence electrons. The van der Waals surface area contributed by atoms with Gasteiger partial charge in [-0.1, -0.05) is 172 Å². The molecule has 2 aliphatic rings. The molecule has 0 radical (unpaired) electrons. The summed E-state index contributed by atoms with van der Waals surface area (Å²) in [5.74, 6) is 3.67. The average Bonchev–Trinajstić information content (AvgIpc) is 4.05. The Kier molecular flexibility index (Phi) is 34.0. The second-order valence-corrected chi connectivity index (χ2v) is 8.69. The number of fused-ring (bicyclic) bond motifs is 3. The summed E-state index contributed by atoms with van der Waals surface area (Å²) < 4.78 is 25.5. The van der Waals surface area contributed by atoms with Gasteiger partial charge in [0, 0.05) is 11.8 Å². The lowest BCUT2D eigenvalue weighted by Gasteiger charge is -1.93. The van der Waals surface area contributed by atoms with Crippen molar-refractivity contribution in [3.05, 3.63) is 157 Å². The van der Waals surface area contributed by atoms with Crippen molar-refractivity contribution in [2.45, 2.75) is 75.7 Å². The first-order chi connectivity index (χ1) is 25.3. The van der Waals surface area contributed by atoms with Crippen LogP contribution in [-0.4, -0.2) is 20.5 Å². The molecule has 0 amide bonds. The highest BCUT2D eigenvalue weighted by atomic mass is 16.7. The van der Waals surface area contributed by atoms with Crippen LogP contribution in [0.1, 0.15) is 74.8 Å². The van der Waals surface area contributed by atoms with Crippen LogP contribution in [0.5, 0.6) is 23.0 Å². The molecule has 5 nitrogen and oxygen atoms in total. The molecule has 1 aromatic heterocycles. The van der Waals surface area contributed by atoms with Gasteiger partial charge in [-0.15, -0.1) is 0 Å². The standard InChI is InChI=1S/C8H8O.C8H6O.C7H6O2.C7H8O.C6H6.5C2H6/c2*1-2-4-8-7(3-1)5-6-9-8;1-2-4-7-6(3-1)8-5-9-7;1-8-7-5-3-2-4-6-7;1-2-4-6-5-3-1;5*1-2/h1-4H,5-6H2;1-6H;1-4H,5H2;2-6H,1H3;1-6H;5*1-2H3. The van der Waals surface area contributed by atoms with Crippen molar-refractivity contribution >= 4 is 11.0 Å². The van der Waals surface area contributed by atoms with Crippen LogP contribution in [0.3, 0.4) is 0 Å². The summed E-state index contributed by atoms with van der Waals surface area (Å²) in [6.45, 7) is 21.2.